The highest BCUT2D eigenvalue weighted by molar-refractivity contribution is 8.00. The van der Waals surface area contributed by atoms with Crippen molar-refractivity contribution in [2.75, 3.05) is 0 Å². The molecule has 3 nitrogen and oxygen atoms in total. The Morgan fingerprint density at radius 2 is 1.87 bits per heavy atom. The number of carbonyl (C=O) groups excluding carboxylic acids is 1. The molecule has 2 aromatic carbocycles. The van der Waals surface area contributed by atoms with Crippen LogP contribution in [0.2, 0.25) is 0 Å². The molecule has 0 saturated heterocycles. The van der Waals surface area contributed by atoms with Crippen molar-refractivity contribution in [3.05, 3.63) is 66.0 Å². The van der Waals surface area contributed by atoms with Gasteiger partial charge in [-0.2, -0.15) is 0 Å². The van der Waals surface area contributed by atoms with Crippen molar-refractivity contribution in [3.8, 4) is 0 Å². The predicted octanol–water partition coefficient (Wildman–Crippen LogP) is 4.27. The lowest BCUT2D eigenvalue weighted by Crippen LogP contribution is -2.14. The number of benzene rings is 2. The lowest BCUT2D eigenvalue weighted by molar-refractivity contribution is 0.0993. The summed E-state index contributed by atoms with van der Waals surface area (Å²) < 4.78 is 26.3. The summed E-state index contributed by atoms with van der Waals surface area (Å²) in [6.07, 6.45) is 1.44. The summed E-state index contributed by atoms with van der Waals surface area (Å²) in [5.74, 6) is -2.28. The van der Waals surface area contributed by atoms with E-state index in [-0.39, 0.29) is 11.3 Å². The van der Waals surface area contributed by atoms with Gasteiger partial charge in [-0.3, -0.25) is 4.79 Å². The zero-order chi connectivity index (χ0) is 16.4. The molecule has 0 radical (unpaired) electrons. The van der Waals surface area contributed by atoms with E-state index in [9.17, 15) is 13.6 Å². The summed E-state index contributed by atoms with van der Waals surface area (Å²) in [5.41, 5.74) is 0.930. The first kappa shape index (κ1) is 15.6. The maximum absolute atomic E-state index is 13.3. The fraction of sp³-hybridized carbons (Fsp3) is 0.118. The van der Waals surface area contributed by atoms with Crippen molar-refractivity contribution < 1.29 is 13.6 Å². The molecule has 0 aliphatic carbocycles. The highest BCUT2D eigenvalue weighted by Gasteiger charge is 2.19. The topological polar surface area (TPSA) is 42.9 Å². The molecule has 3 rings (SSSR count). The second kappa shape index (κ2) is 6.42. The number of Topliss-reactive ketones (excluding diaryl/α,β-unsaturated/α-hetero) is 1. The second-order valence-electron chi connectivity index (χ2n) is 4.95. The molecule has 0 bridgehead atoms. The van der Waals surface area contributed by atoms with E-state index in [2.05, 4.69) is 9.97 Å². The van der Waals surface area contributed by atoms with E-state index >= 15 is 0 Å². The minimum Gasteiger partial charge on any atom is -0.293 e. The molecule has 23 heavy (non-hydrogen) atoms. The van der Waals surface area contributed by atoms with Gasteiger partial charge >= 0.3 is 0 Å². The van der Waals surface area contributed by atoms with Gasteiger partial charge in [-0.1, -0.05) is 30.0 Å². The predicted molar refractivity (Wildman–Crippen MR) is 85.5 cm³/mol. The first-order chi connectivity index (χ1) is 11.1. The van der Waals surface area contributed by atoms with Gasteiger partial charge in [-0.05, 0) is 31.2 Å². The van der Waals surface area contributed by atoms with Crippen LogP contribution >= 0.6 is 11.8 Å². The van der Waals surface area contributed by atoms with E-state index in [1.165, 1.54) is 24.2 Å². The van der Waals surface area contributed by atoms with Crippen LogP contribution in [0, 0.1) is 11.6 Å². The molecule has 1 heterocycles. The van der Waals surface area contributed by atoms with Crippen LogP contribution < -0.4 is 0 Å². The maximum atomic E-state index is 13.3. The number of hydrogen-bond acceptors (Lipinski definition) is 4. The van der Waals surface area contributed by atoms with E-state index in [1.54, 1.807) is 6.92 Å². The fourth-order valence-electron chi connectivity index (χ4n) is 2.18. The van der Waals surface area contributed by atoms with E-state index in [4.69, 9.17) is 0 Å². The number of halogens is 2. The highest BCUT2D eigenvalue weighted by Crippen LogP contribution is 2.29. The maximum Gasteiger partial charge on any atom is 0.176 e. The van der Waals surface area contributed by atoms with Crippen LogP contribution in [-0.2, 0) is 0 Å². The largest absolute Gasteiger partial charge is 0.293 e. The molecule has 3 aromatic rings. The van der Waals surface area contributed by atoms with Gasteiger partial charge in [0.15, 0.2) is 17.4 Å². The lowest BCUT2D eigenvalue weighted by atomic mass is 10.1. The first-order valence-corrected chi connectivity index (χ1v) is 7.80. The standard InChI is InChI=1S/C17H12F2N2OS/c1-10(16(22)11-6-7-13(18)14(19)8-11)23-17-12-4-2-3-5-15(12)20-9-21-17/h2-10H,1H3/t10-/m1/s1. The zero-order valence-electron chi connectivity index (χ0n) is 12.2. The average Bonchev–Trinajstić information content (AvgIpc) is 2.57. The van der Waals surface area contributed by atoms with Gasteiger partial charge in [0.2, 0.25) is 0 Å². The summed E-state index contributed by atoms with van der Waals surface area (Å²) in [6, 6.07) is 10.7. The normalized spacial score (nSPS) is 12.3. The van der Waals surface area contributed by atoms with Crippen LogP contribution in [0.3, 0.4) is 0 Å². The smallest absolute Gasteiger partial charge is 0.176 e. The molecule has 1 atom stereocenters. The quantitative estimate of drug-likeness (QED) is 0.407. The number of carbonyl (C=O) groups is 1. The Balaban J connectivity index is 1.86. The van der Waals surface area contributed by atoms with E-state index in [0.29, 0.717) is 5.03 Å². The van der Waals surface area contributed by atoms with Crippen LogP contribution in [0.25, 0.3) is 10.9 Å². The molecule has 0 unspecified atom stereocenters. The van der Waals surface area contributed by atoms with Crippen molar-refractivity contribution in [1.82, 2.24) is 9.97 Å². The molecule has 1 aromatic heterocycles. The Morgan fingerprint density at radius 3 is 2.65 bits per heavy atom. The molecule has 0 spiro atoms. The molecule has 0 fully saturated rings. The highest BCUT2D eigenvalue weighted by atomic mass is 32.2. The molecule has 0 amide bonds. The van der Waals surface area contributed by atoms with Gasteiger partial charge in [0, 0.05) is 10.9 Å². The van der Waals surface area contributed by atoms with Gasteiger partial charge < -0.3 is 0 Å². The van der Waals surface area contributed by atoms with E-state index < -0.39 is 16.9 Å². The Morgan fingerprint density at radius 1 is 1.09 bits per heavy atom. The van der Waals surface area contributed by atoms with Gasteiger partial charge in [0.1, 0.15) is 11.4 Å². The van der Waals surface area contributed by atoms with Crippen LogP contribution in [0.15, 0.2) is 53.8 Å². The van der Waals surface area contributed by atoms with Crippen molar-refractivity contribution in [2.45, 2.75) is 17.2 Å². The molecular weight excluding hydrogens is 318 g/mol. The summed E-state index contributed by atoms with van der Waals surface area (Å²) >= 11 is 1.27. The van der Waals surface area contributed by atoms with Crippen LogP contribution in [0.4, 0.5) is 8.78 Å². The molecule has 0 saturated carbocycles. The third kappa shape index (κ3) is 3.22. The molecule has 6 heteroatoms. The Hall–Kier alpha value is -2.34. The Kier molecular flexibility index (Phi) is 4.34. The number of para-hydroxylation sites is 1. The van der Waals surface area contributed by atoms with Crippen LogP contribution in [0.1, 0.15) is 17.3 Å². The van der Waals surface area contributed by atoms with Gasteiger partial charge in [-0.25, -0.2) is 18.7 Å². The zero-order valence-corrected chi connectivity index (χ0v) is 13.0. The number of thioether (sulfide) groups is 1. The van der Waals surface area contributed by atoms with Crippen molar-refractivity contribution >= 4 is 28.4 Å². The summed E-state index contributed by atoms with van der Waals surface area (Å²) in [6.45, 7) is 1.71. The number of hydrogen-bond donors (Lipinski definition) is 0. The molecule has 0 N–H and O–H groups in total. The summed E-state index contributed by atoms with van der Waals surface area (Å²) in [7, 11) is 0. The number of fused-ring (bicyclic) bond motifs is 1. The number of rotatable bonds is 4. The summed E-state index contributed by atoms with van der Waals surface area (Å²) in [4.78, 5) is 20.8. The van der Waals surface area contributed by atoms with Gasteiger partial charge in [-0.15, -0.1) is 0 Å². The number of nitrogens with zero attached hydrogens (tertiary/aromatic N) is 2. The Labute approximate surface area is 135 Å². The second-order valence-corrected chi connectivity index (χ2v) is 6.28. The monoisotopic (exact) mass is 330 g/mol. The fourth-order valence-corrected chi connectivity index (χ4v) is 3.16. The Bertz CT molecular complexity index is 880. The summed E-state index contributed by atoms with van der Waals surface area (Å²) in [5, 5.41) is 1.04. The molecular formula is C17H12F2N2OS. The molecule has 116 valence electrons. The van der Waals surface area contributed by atoms with Crippen molar-refractivity contribution in [2.24, 2.45) is 0 Å². The minimum atomic E-state index is -1.03. The number of ketones is 1. The molecule has 0 aliphatic heterocycles. The van der Waals surface area contributed by atoms with Crippen molar-refractivity contribution in [3.63, 3.8) is 0 Å². The third-order valence-corrected chi connectivity index (χ3v) is 4.48. The van der Waals surface area contributed by atoms with Crippen LogP contribution in [0.5, 0.6) is 0 Å². The van der Waals surface area contributed by atoms with Crippen LogP contribution in [-0.4, -0.2) is 21.0 Å². The SMILES string of the molecule is C[C@@H](Sc1ncnc2ccccc12)C(=O)c1ccc(F)c(F)c1. The number of aromatic nitrogens is 2. The lowest BCUT2D eigenvalue weighted by Gasteiger charge is -2.11. The van der Waals surface area contributed by atoms with Gasteiger partial charge in [0.25, 0.3) is 0 Å². The average molecular weight is 330 g/mol. The third-order valence-electron chi connectivity index (χ3n) is 3.37. The van der Waals surface area contributed by atoms with E-state index in [1.807, 2.05) is 24.3 Å². The van der Waals surface area contributed by atoms with Crippen molar-refractivity contribution in [1.29, 1.82) is 0 Å². The molecule has 0 aliphatic rings. The first-order valence-electron chi connectivity index (χ1n) is 6.92. The van der Waals surface area contributed by atoms with E-state index in [0.717, 1.165) is 23.0 Å². The minimum absolute atomic E-state index is 0.141. The van der Waals surface area contributed by atoms with Gasteiger partial charge in [0.05, 0.1) is 10.8 Å².